The number of hydrazine groups is 1. The second-order valence-electron chi connectivity index (χ2n) is 7.10. The van der Waals surface area contributed by atoms with Crippen molar-refractivity contribution in [2.75, 3.05) is 30.6 Å². The number of hydrogen-bond acceptors (Lipinski definition) is 6. The van der Waals surface area contributed by atoms with Gasteiger partial charge in [0.05, 0.1) is 12.3 Å². The number of carbonyl (C=O) groups is 3. The molecule has 162 valence electrons. The second-order valence-corrected chi connectivity index (χ2v) is 7.10. The van der Waals surface area contributed by atoms with Crippen molar-refractivity contribution < 1.29 is 23.9 Å². The summed E-state index contributed by atoms with van der Waals surface area (Å²) in [7, 11) is 3.75. The zero-order valence-electron chi connectivity index (χ0n) is 17.9. The summed E-state index contributed by atoms with van der Waals surface area (Å²) in [5.41, 5.74) is 4.42. The van der Waals surface area contributed by atoms with E-state index in [4.69, 9.17) is 9.47 Å². The van der Waals surface area contributed by atoms with Crippen molar-refractivity contribution >= 4 is 35.2 Å². The fourth-order valence-electron chi connectivity index (χ4n) is 2.99. The molecule has 0 bridgehead atoms. The normalized spacial score (nSPS) is 15.6. The van der Waals surface area contributed by atoms with Gasteiger partial charge in [0.2, 0.25) is 0 Å². The Morgan fingerprint density at radius 1 is 1.16 bits per heavy atom. The lowest BCUT2D eigenvalue weighted by atomic mass is 10.1. The molecule has 2 amide bonds. The van der Waals surface area contributed by atoms with Crippen LogP contribution < -0.4 is 20.1 Å². The van der Waals surface area contributed by atoms with E-state index in [2.05, 4.69) is 5.43 Å². The van der Waals surface area contributed by atoms with Gasteiger partial charge in [0.25, 0.3) is 11.8 Å². The van der Waals surface area contributed by atoms with Crippen molar-refractivity contribution in [2.45, 2.75) is 20.0 Å². The quantitative estimate of drug-likeness (QED) is 0.418. The molecule has 1 aliphatic rings. The van der Waals surface area contributed by atoms with Gasteiger partial charge in [0, 0.05) is 31.4 Å². The van der Waals surface area contributed by atoms with Crippen LogP contribution in [0, 0.1) is 0 Å². The Labute approximate surface area is 181 Å². The van der Waals surface area contributed by atoms with Crippen LogP contribution in [0.25, 0.3) is 6.08 Å². The van der Waals surface area contributed by atoms with E-state index in [1.54, 1.807) is 50.2 Å². The van der Waals surface area contributed by atoms with Gasteiger partial charge in [-0.1, -0.05) is 18.2 Å². The highest BCUT2D eigenvalue weighted by Gasteiger charge is 2.34. The molecule has 0 aromatic heterocycles. The third kappa shape index (κ3) is 4.85. The molecule has 8 heteroatoms. The maximum atomic E-state index is 12.9. The number of ether oxygens (including phenoxy) is 2. The predicted molar refractivity (Wildman–Crippen MR) is 118 cm³/mol. The van der Waals surface area contributed by atoms with Crippen molar-refractivity contribution in [1.29, 1.82) is 0 Å². The summed E-state index contributed by atoms with van der Waals surface area (Å²) in [5, 5.41) is 1.20. The van der Waals surface area contributed by atoms with Gasteiger partial charge < -0.3 is 14.4 Å². The Kier molecular flexibility index (Phi) is 6.59. The standard InChI is InChI=1S/C23H25N3O5/c1-5-30-23(29)15(2)31-20-14-18(25(3)4)12-11-16(20)13-19-21(27)24-26(22(19)28)17-9-7-6-8-10-17/h6-15H,5H2,1-4H3,(H,24,27)/b19-13-/t15-/m0/s1. The lowest BCUT2D eigenvalue weighted by molar-refractivity contribution is -0.150. The average molecular weight is 423 g/mol. The van der Waals surface area contributed by atoms with Crippen LogP contribution in [0.1, 0.15) is 19.4 Å². The molecule has 1 saturated heterocycles. The van der Waals surface area contributed by atoms with E-state index in [1.165, 1.54) is 11.1 Å². The Morgan fingerprint density at radius 3 is 2.52 bits per heavy atom. The Balaban J connectivity index is 1.96. The number of para-hydroxylation sites is 1. The third-order valence-electron chi connectivity index (χ3n) is 4.64. The monoisotopic (exact) mass is 423 g/mol. The molecule has 1 aliphatic heterocycles. The van der Waals surface area contributed by atoms with Crippen LogP contribution in [-0.4, -0.2) is 44.6 Å². The highest BCUT2D eigenvalue weighted by molar-refractivity contribution is 6.31. The molecule has 1 atom stereocenters. The molecular formula is C23H25N3O5. The summed E-state index contributed by atoms with van der Waals surface area (Å²) in [6.07, 6.45) is 0.608. The van der Waals surface area contributed by atoms with Gasteiger partial charge in [-0.2, -0.15) is 0 Å². The van der Waals surface area contributed by atoms with Crippen molar-refractivity contribution in [3.05, 3.63) is 59.7 Å². The first-order chi connectivity index (χ1) is 14.8. The van der Waals surface area contributed by atoms with E-state index >= 15 is 0 Å². The molecule has 3 rings (SSSR count). The average Bonchev–Trinajstić information content (AvgIpc) is 3.03. The topological polar surface area (TPSA) is 88.2 Å². The maximum absolute atomic E-state index is 12.9. The van der Waals surface area contributed by atoms with Crippen LogP contribution in [-0.2, 0) is 19.1 Å². The van der Waals surface area contributed by atoms with Gasteiger partial charge in [-0.15, -0.1) is 0 Å². The highest BCUT2D eigenvalue weighted by Crippen LogP contribution is 2.30. The fraction of sp³-hybridized carbons (Fsp3) is 0.261. The third-order valence-corrected chi connectivity index (χ3v) is 4.64. The summed E-state index contributed by atoms with van der Waals surface area (Å²) >= 11 is 0. The number of esters is 1. The van der Waals surface area contributed by atoms with Crippen LogP contribution in [0.2, 0.25) is 0 Å². The summed E-state index contributed by atoms with van der Waals surface area (Å²) in [6.45, 7) is 3.54. The first-order valence-electron chi connectivity index (χ1n) is 9.88. The van der Waals surface area contributed by atoms with Crippen molar-refractivity contribution in [2.24, 2.45) is 0 Å². The molecule has 2 aromatic rings. The molecule has 8 nitrogen and oxygen atoms in total. The first-order valence-corrected chi connectivity index (χ1v) is 9.88. The van der Waals surface area contributed by atoms with Crippen LogP contribution in [0.15, 0.2) is 54.1 Å². The molecule has 2 aromatic carbocycles. The Bertz CT molecular complexity index is 1020. The smallest absolute Gasteiger partial charge is 0.347 e. The van der Waals surface area contributed by atoms with Gasteiger partial charge in [-0.25, -0.2) is 9.80 Å². The SMILES string of the molecule is CCOC(=O)[C@H](C)Oc1cc(N(C)C)ccc1/C=C1/C(=O)NN(c2ccccc2)C1=O. The predicted octanol–water partition coefficient (Wildman–Crippen LogP) is 2.54. The van der Waals surface area contributed by atoms with Crippen LogP contribution in [0.3, 0.4) is 0 Å². The van der Waals surface area contributed by atoms with E-state index in [1.807, 2.05) is 31.1 Å². The molecule has 0 unspecified atom stereocenters. The summed E-state index contributed by atoms with van der Waals surface area (Å²) in [4.78, 5) is 39.3. The van der Waals surface area contributed by atoms with E-state index in [0.717, 1.165) is 5.69 Å². The molecule has 0 aliphatic carbocycles. The van der Waals surface area contributed by atoms with Gasteiger partial charge in [0.15, 0.2) is 6.10 Å². The molecule has 31 heavy (non-hydrogen) atoms. The fourth-order valence-corrected chi connectivity index (χ4v) is 2.99. The molecule has 0 spiro atoms. The van der Waals surface area contributed by atoms with Gasteiger partial charge in [-0.05, 0) is 44.2 Å². The summed E-state index contributed by atoms with van der Waals surface area (Å²) in [5.74, 6) is -1.13. The van der Waals surface area contributed by atoms with Crippen molar-refractivity contribution in [3.63, 3.8) is 0 Å². The minimum atomic E-state index is -0.858. The van der Waals surface area contributed by atoms with Crippen LogP contribution in [0.5, 0.6) is 5.75 Å². The lowest BCUT2D eigenvalue weighted by Crippen LogP contribution is -2.35. The van der Waals surface area contributed by atoms with E-state index in [0.29, 0.717) is 17.0 Å². The largest absolute Gasteiger partial charge is 0.478 e. The molecule has 0 radical (unpaired) electrons. The number of nitrogens with zero attached hydrogens (tertiary/aromatic N) is 2. The van der Waals surface area contributed by atoms with Gasteiger partial charge in [0.1, 0.15) is 11.3 Å². The van der Waals surface area contributed by atoms with Gasteiger partial charge in [-0.3, -0.25) is 15.0 Å². The number of rotatable bonds is 7. The minimum Gasteiger partial charge on any atom is -0.478 e. The summed E-state index contributed by atoms with van der Waals surface area (Å²) < 4.78 is 10.8. The van der Waals surface area contributed by atoms with E-state index in [-0.39, 0.29) is 12.2 Å². The number of carbonyl (C=O) groups excluding carboxylic acids is 3. The molecule has 1 heterocycles. The number of benzene rings is 2. The summed E-state index contributed by atoms with van der Waals surface area (Å²) in [6, 6.07) is 14.1. The Morgan fingerprint density at radius 2 is 1.87 bits per heavy atom. The second kappa shape index (κ2) is 9.34. The number of nitrogens with one attached hydrogen (secondary N) is 1. The lowest BCUT2D eigenvalue weighted by Gasteiger charge is -2.19. The van der Waals surface area contributed by atoms with Crippen molar-refractivity contribution in [3.8, 4) is 5.75 Å². The minimum absolute atomic E-state index is 0.0323. The van der Waals surface area contributed by atoms with E-state index < -0.39 is 23.9 Å². The number of anilines is 2. The Hall–Kier alpha value is -3.81. The van der Waals surface area contributed by atoms with Gasteiger partial charge >= 0.3 is 5.97 Å². The van der Waals surface area contributed by atoms with Crippen LogP contribution in [0.4, 0.5) is 11.4 Å². The van der Waals surface area contributed by atoms with Crippen molar-refractivity contribution in [1.82, 2.24) is 5.43 Å². The zero-order valence-corrected chi connectivity index (χ0v) is 17.9. The molecule has 1 fully saturated rings. The molecule has 0 saturated carbocycles. The highest BCUT2D eigenvalue weighted by atomic mass is 16.6. The van der Waals surface area contributed by atoms with E-state index in [9.17, 15) is 14.4 Å². The zero-order chi connectivity index (χ0) is 22.5. The number of hydrogen-bond donors (Lipinski definition) is 1. The van der Waals surface area contributed by atoms with Crippen LogP contribution >= 0.6 is 0 Å². The maximum Gasteiger partial charge on any atom is 0.347 e. The first kappa shape index (κ1) is 21.9. The number of amides is 2. The molecular weight excluding hydrogens is 398 g/mol. The molecule has 1 N–H and O–H groups in total.